The first-order valence-electron chi connectivity index (χ1n) is 6.34. The Balaban J connectivity index is 2.31. The molecule has 2 aromatic carbocycles. The monoisotopic (exact) mass is 306 g/mol. The summed E-state index contributed by atoms with van der Waals surface area (Å²) in [5, 5.41) is 12.0. The van der Waals surface area contributed by atoms with Crippen LogP contribution in [0.4, 0.5) is 14.5 Å². The Morgan fingerprint density at radius 2 is 1.90 bits per heavy atom. The summed E-state index contributed by atoms with van der Waals surface area (Å²) in [6, 6.07) is 8.91. The van der Waals surface area contributed by atoms with Gasteiger partial charge in [-0.1, -0.05) is 17.7 Å². The van der Waals surface area contributed by atoms with Crippen LogP contribution in [0.3, 0.4) is 0 Å². The molecule has 21 heavy (non-hydrogen) atoms. The Morgan fingerprint density at radius 1 is 1.19 bits per heavy atom. The summed E-state index contributed by atoms with van der Waals surface area (Å²) >= 11 is 5.65. The van der Waals surface area contributed by atoms with Crippen LogP contribution in [0.1, 0.15) is 29.7 Å². The van der Waals surface area contributed by atoms with Gasteiger partial charge in [0.25, 0.3) is 0 Å². The van der Waals surface area contributed by atoms with Crippen LogP contribution in [0, 0.1) is 29.9 Å². The van der Waals surface area contributed by atoms with Crippen LogP contribution in [-0.2, 0) is 0 Å². The van der Waals surface area contributed by atoms with Crippen molar-refractivity contribution in [2.24, 2.45) is 0 Å². The van der Waals surface area contributed by atoms with Crippen LogP contribution in [0.15, 0.2) is 30.3 Å². The zero-order chi connectivity index (χ0) is 15.6. The molecule has 1 N–H and O–H groups in total. The average Bonchev–Trinajstić information content (AvgIpc) is 2.46. The van der Waals surface area contributed by atoms with E-state index in [4.69, 9.17) is 16.9 Å². The van der Waals surface area contributed by atoms with Crippen molar-refractivity contribution < 1.29 is 8.78 Å². The minimum absolute atomic E-state index is 0.0552. The standard InChI is InChI=1S/C16H13ClF2N2/c1-9-14(18)5-11(8-20)6-16(9)21-10(2)12-3-4-13(17)15(19)7-12/h3-7,10,21H,1-2H3. The Kier molecular flexibility index (Phi) is 4.44. The Morgan fingerprint density at radius 3 is 2.52 bits per heavy atom. The maximum Gasteiger partial charge on any atom is 0.142 e. The lowest BCUT2D eigenvalue weighted by molar-refractivity contribution is 0.617. The van der Waals surface area contributed by atoms with E-state index in [2.05, 4.69) is 5.32 Å². The van der Waals surface area contributed by atoms with Crippen molar-refractivity contribution in [1.82, 2.24) is 0 Å². The molecule has 1 unspecified atom stereocenters. The van der Waals surface area contributed by atoms with Gasteiger partial charge in [0.05, 0.1) is 16.7 Å². The van der Waals surface area contributed by atoms with Crippen LogP contribution in [0.5, 0.6) is 0 Å². The van der Waals surface area contributed by atoms with Gasteiger partial charge in [0.2, 0.25) is 0 Å². The van der Waals surface area contributed by atoms with Gasteiger partial charge in [-0.25, -0.2) is 8.78 Å². The Labute approximate surface area is 127 Å². The zero-order valence-corrected chi connectivity index (χ0v) is 12.3. The van der Waals surface area contributed by atoms with E-state index in [1.165, 1.54) is 18.2 Å². The summed E-state index contributed by atoms with van der Waals surface area (Å²) in [5.41, 5.74) is 1.83. The van der Waals surface area contributed by atoms with Crippen LogP contribution < -0.4 is 5.32 Å². The van der Waals surface area contributed by atoms with Gasteiger partial charge in [0.15, 0.2) is 0 Å². The Bertz CT molecular complexity index is 723. The molecule has 0 heterocycles. The fourth-order valence-corrected chi connectivity index (χ4v) is 2.11. The van der Waals surface area contributed by atoms with Crippen LogP contribution in [0.25, 0.3) is 0 Å². The fraction of sp³-hybridized carbons (Fsp3) is 0.188. The molecule has 0 spiro atoms. The highest BCUT2D eigenvalue weighted by Gasteiger charge is 2.12. The van der Waals surface area contributed by atoms with E-state index in [9.17, 15) is 8.78 Å². The molecule has 0 amide bonds. The molecule has 0 radical (unpaired) electrons. The number of nitrogens with zero attached hydrogens (tertiary/aromatic N) is 1. The van der Waals surface area contributed by atoms with Crippen molar-refractivity contribution >= 4 is 17.3 Å². The van der Waals surface area contributed by atoms with E-state index in [1.807, 2.05) is 13.0 Å². The lowest BCUT2D eigenvalue weighted by Crippen LogP contribution is -2.09. The number of benzene rings is 2. The summed E-state index contributed by atoms with van der Waals surface area (Å²) in [6.45, 7) is 3.44. The van der Waals surface area contributed by atoms with E-state index >= 15 is 0 Å². The molecule has 108 valence electrons. The van der Waals surface area contributed by atoms with E-state index in [1.54, 1.807) is 19.1 Å². The summed E-state index contributed by atoms with van der Waals surface area (Å²) in [4.78, 5) is 0. The van der Waals surface area contributed by atoms with Gasteiger partial charge >= 0.3 is 0 Å². The first-order chi connectivity index (χ1) is 9.92. The molecule has 0 aliphatic rings. The second-order valence-electron chi connectivity index (χ2n) is 4.78. The van der Waals surface area contributed by atoms with Gasteiger partial charge < -0.3 is 5.32 Å². The van der Waals surface area contributed by atoms with Gasteiger partial charge in [-0.2, -0.15) is 5.26 Å². The molecule has 0 aliphatic heterocycles. The first kappa shape index (κ1) is 15.3. The maximum atomic E-state index is 13.7. The summed E-state index contributed by atoms with van der Waals surface area (Å²) in [6.07, 6.45) is 0. The van der Waals surface area contributed by atoms with Gasteiger partial charge in [-0.3, -0.25) is 0 Å². The number of hydrogen-bond donors (Lipinski definition) is 1. The smallest absolute Gasteiger partial charge is 0.142 e. The third-order valence-electron chi connectivity index (χ3n) is 3.29. The van der Waals surface area contributed by atoms with Gasteiger partial charge in [-0.15, -0.1) is 0 Å². The molecular weight excluding hydrogens is 294 g/mol. The van der Waals surface area contributed by atoms with Crippen LogP contribution in [-0.4, -0.2) is 0 Å². The van der Waals surface area contributed by atoms with Crippen molar-refractivity contribution in [3.05, 3.63) is 63.7 Å². The van der Waals surface area contributed by atoms with Gasteiger partial charge in [0, 0.05) is 17.3 Å². The molecule has 1 atom stereocenters. The van der Waals surface area contributed by atoms with Gasteiger partial charge in [0.1, 0.15) is 11.6 Å². The number of hydrogen-bond acceptors (Lipinski definition) is 2. The second kappa shape index (κ2) is 6.11. The molecule has 0 saturated heterocycles. The normalized spacial score (nSPS) is 11.8. The summed E-state index contributed by atoms with van der Waals surface area (Å²) in [5.74, 6) is -0.956. The highest BCUT2D eigenvalue weighted by Crippen LogP contribution is 2.27. The topological polar surface area (TPSA) is 35.8 Å². The number of anilines is 1. The fourth-order valence-electron chi connectivity index (χ4n) is 1.99. The molecule has 5 heteroatoms. The van der Waals surface area contributed by atoms with Crippen molar-refractivity contribution in [1.29, 1.82) is 5.26 Å². The lowest BCUT2D eigenvalue weighted by Gasteiger charge is -2.18. The van der Waals surface area contributed by atoms with Crippen molar-refractivity contribution in [2.75, 3.05) is 5.32 Å². The largest absolute Gasteiger partial charge is 0.378 e. The second-order valence-corrected chi connectivity index (χ2v) is 5.19. The highest BCUT2D eigenvalue weighted by atomic mass is 35.5. The van der Waals surface area contributed by atoms with E-state index < -0.39 is 11.6 Å². The molecule has 2 rings (SSSR count). The summed E-state index contributed by atoms with van der Waals surface area (Å²) < 4.78 is 27.2. The van der Waals surface area contributed by atoms with Gasteiger partial charge in [-0.05, 0) is 43.7 Å². The predicted octanol–water partition coefficient (Wildman–Crippen LogP) is 4.97. The van der Waals surface area contributed by atoms with Crippen molar-refractivity contribution in [3.63, 3.8) is 0 Å². The number of halogens is 3. The first-order valence-corrected chi connectivity index (χ1v) is 6.72. The minimum Gasteiger partial charge on any atom is -0.378 e. The zero-order valence-electron chi connectivity index (χ0n) is 11.5. The molecule has 0 fully saturated rings. The number of nitriles is 1. The number of rotatable bonds is 3. The molecule has 2 aromatic rings. The molecular formula is C16H13ClF2N2. The SMILES string of the molecule is Cc1c(F)cc(C#N)cc1NC(C)c1ccc(Cl)c(F)c1. The Hall–Kier alpha value is -2.12. The molecule has 0 aromatic heterocycles. The average molecular weight is 307 g/mol. The quantitative estimate of drug-likeness (QED) is 0.869. The summed E-state index contributed by atoms with van der Waals surface area (Å²) in [7, 11) is 0. The van der Waals surface area contributed by atoms with Crippen LogP contribution in [0.2, 0.25) is 5.02 Å². The molecule has 2 nitrogen and oxygen atoms in total. The molecule has 0 saturated carbocycles. The third-order valence-corrected chi connectivity index (χ3v) is 3.60. The maximum absolute atomic E-state index is 13.7. The highest BCUT2D eigenvalue weighted by molar-refractivity contribution is 6.30. The van der Waals surface area contributed by atoms with Crippen LogP contribution >= 0.6 is 11.6 Å². The van der Waals surface area contributed by atoms with Crippen molar-refractivity contribution in [3.8, 4) is 6.07 Å². The van der Waals surface area contributed by atoms with E-state index in [-0.39, 0.29) is 16.6 Å². The minimum atomic E-state index is -0.503. The molecule has 0 aliphatic carbocycles. The predicted molar refractivity (Wildman–Crippen MR) is 79.3 cm³/mol. The lowest BCUT2D eigenvalue weighted by atomic mass is 10.1. The van der Waals surface area contributed by atoms with E-state index in [0.29, 0.717) is 16.8 Å². The molecule has 0 bridgehead atoms. The third kappa shape index (κ3) is 3.32. The number of nitrogens with one attached hydrogen (secondary N) is 1. The van der Waals surface area contributed by atoms with Crippen molar-refractivity contribution in [2.45, 2.75) is 19.9 Å². The van der Waals surface area contributed by atoms with E-state index in [0.717, 1.165) is 0 Å².